The third-order valence-electron chi connectivity index (χ3n) is 5.12. The van der Waals surface area contributed by atoms with Crippen molar-refractivity contribution < 1.29 is 9.59 Å². The molecule has 1 aromatic heterocycles. The molecule has 24 heavy (non-hydrogen) atoms. The summed E-state index contributed by atoms with van der Waals surface area (Å²) in [4.78, 5) is 31.6. The first-order valence-corrected chi connectivity index (χ1v) is 8.76. The van der Waals surface area contributed by atoms with E-state index >= 15 is 0 Å². The Balaban J connectivity index is 1.63. The predicted octanol–water partition coefficient (Wildman–Crippen LogP) is 3.31. The zero-order valence-electron chi connectivity index (χ0n) is 13.2. The molecule has 1 aromatic carbocycles. The van der Waals surface area contributed by atoms with E-state index in [9.17, 15) is 9.59 Å². The fourth-order valence-electron chi connectivity index (χ4n) is 3.87. The van der Waals surface area contributed by atoms with Crippen molar-refractivity contribution >= 4 is 45.9 Å². The highest BCUT2D eigenvalue weighted by molar-refractivity contribution is 6.45. The Morgan fingerprint density at radius 2 is 1.79 bits per heavy atom. The van der Waals surface area contributed by atoms with Crippen LogP contribution in [0.15, 0.2) is 18.2 Å². The highest BCUT2D eigenvalue weighted by Gasteiger charge is 2.42. The Bertz CT molecular complexity index is 848. The number of piperidine rings is 2. The van der Waals surface area contributed by atoms with Gasteiger partial charge in [-0.25, -0.2) is 0 Å². The second-order valence-electron chi connectivity index (χ2n) is 6.52. The van der Waals surface area contributed by atoms with E-state index < -0.39 is 0 Å². The summed E-state index contributed by atoms with van der Waals surface area (Å²) < 4.78 is 0. The molecule has 3 aliphatic rings. The van der Waals surface area contributed by atoms with Crippen LogP contribution in [-0.4, -0.2) is 51.8 Å². The molecule has 0 radical (unpaired) electrons. The number of fused-ring (bicyclic) bond motifs is 4. The molecule has 3 saturated heterocycles. The van der Waals surface area contributed by atoms with Gasteiger partial charge >= 0.3 is 0 Å². The molecule has 2 unspecified atom stereocenters. The SMILES string of the molecule is CC(=O)N1CC2CCC1CN2C(=O)c1cc2c(Cl)c(Cl)ccc2[nH]1. The number of carbonyl (C=O) groups is 2. The van der Waals surface area contributed by atoms with Crippen LogP contribution in [0.4, 0.5) is 0 Å². The first-order valence-electron chi connectivity index (χ1n) is 8.00. The Kier molecular flexibility index (Phi) is 3.73. The third-order valence-corrected chi connectivity index (χ3v) is 5.93. The number of hydrogen-bond donors (Lipinski definition) is 1. The predicted molar refractivity (Wildman–Crippen MR) is 93.6 cm³/mol. The van der Waals surface area contributed by atoms with Crippen LogP contribution in [0, 0.1) is 0 Å². The summed E-state index contributed by atoms with van der Waals surface area (Å²) in [5.74, 6) is 0.0418. The maximum Gasteiger partial charge on any atom is 0.270 e. The minimum atomic E-state index is -0.0451. The second-order valence-corrected chi connectivity index (χ2v) is 7.30. The van der Waals surface area contributed by atoms with Crippen LogP contribution < -0.4 is 0 Å². The molecule has 5 rings (SSSR count). The van der Waals surface area contributed by atoms with Crippen LogP contribution in [0.25, 0.3) is 10.9 Å². The van der Waals surface area contributed by atoms with E-state index in [0.29, 0.717) is 28.8 Å². The summed E-state index contributed by atoms with van der Waals surface area (Å²) in [7, 11) is 0. The fourth-order valence-corrected chi connectivity index (χ4v) is 4.26. The van der Waals surface area contributed by atoms with E-state index in [1.165, 1.54) is 0 Å². The van der Waals surface area contributed by atoms with Crippen LogP contribution >= 0.6 is 23.2 Å². The molecule has 2 amide bonds. The Morgan fingerprint density at radius 3 is 2.42 bits per heavy atom. The van der Waals surface area contributed by atoms with E-state index in [1.54, 1.807) is 19.1 Å². The summed E-state index contributed by atoms with van der Waals surface area (Å²) in [6, 6.07) is 5.50. The van der Waals surface area contributed by atoms with E-state index in [0.717, 1.165) is 23.7 Å². The van der Waals surface area contributed by atoms with Crippen molar-refractivity contribution in [3.63, 3.8) is 0 Å². The van der Waals surface area contributed by atoms with Gasteiger partial charge in [0, 0.05) is 43.0 Å². The number of rotatable bonds is 1. The lowest BCUT2D eigenvalue weighted by molar-refractivity contribution is -0.138. The molecule has 3 aliphatic heterocycles. The lowest BCUT2D eigenvalue weighted by Crippen LogP contribution is -2.64. The summed E-state index contributed by atoms with van der Waals surface area (Å²) in [6.45, 7) is 2.81. The number of amides is 2. The largest absolute Gasteiger partial charge is 0.350 e. The quantitative estimate of drug-likeness (QED) is 0.842. The zero-order valence-corrected chi connectivity index (χ0v) is 14.7. The Morgan fingerprint density at radius 1 is 1.12 bits per heavy atom. The highest BCUT2D eigenvalue weighted by atomic mass is 35.5. The smallest absolute Gasteiger partial charge is 0.270 e. The van der Waals surface area contributed by atoms with E-state index in [-0.39, 0.29) is 23.9 Å². The highest BCUT2D eigenvalue weighted by Crippen LogP contribution is 2.33. The third kappa shape index (κ3) is 2.38. The number of hydrogen-bond acceptors (Lipinski definition) is 2. The molecule has 2 atom stereocenters. The summed E-state index contributed by atoms with van der Waals surface area (Å²) >= 11 is 12.3. The number of nitrogens with zero attached hydrogens (tertiary/aromatic N) is 2. The van der Waals surface area contributed by atoms with Gasteiger partial charge in [0.1, 0.15) is 5.69 Å². The van der Waals surface area contributed by atoms with Crippen molar-refractivity contribution in [2.75, 3.05) is 13.1 Å². The summed E-state index contributed by atoms with van der Waals surface area (Å²) in [6.07, 6.45) is 1.90. The van der Waals surface area contributed by atoms with Crippen molar-refractivity contribution in [3.05, 3.63) is 33.9 Å². The number of aromatic nitrogens is 1. The minimum absolute atomic E-state index is 0.0451. The van der Waals surface area contributed by atoms with Gasteiger partial charge in [-0.05, 0) is 31.0 Å². The molecule has 4 heterocycles. The van der Waals surface area contributed by atoms with Gasteiger partial charge in [0.25, 0.3) is 5.91 Å². The van der Waals surface area contributed by atoms with E-state index in [4.69, 9.17) is 23.2 Å². The monoisotopic (exact) mass is 365 g/mol. The molecular formula is C17H17Cl2N3O2. The number of halogens is 2. The lowest BCUT2D eigenvalue weighted by atomic mass is 9.90. The standard InChI is InChI=1S/C17H17Cl2N3O2/c1-9(23)21-7-11-3-2-10(21)8-22(11)17(24)15-6-12-14(20-15)5-4-13(18)16(12)19/h4-6,10-11,20H,2-3,7-8H2,1H3. The molecule has 0 aliphatic carbocycles. The molecule has 5 nitrogen and oxygen atoms in total. The van der Waals surface area contributed by atoms with Crippen molar-refractivity contribution in [1.82, 2.24) is 14.8 Å². The van der Waals surface area contributed by atoms with E-state index in [1.807, 2.05) is 15.9 Å². The molecule has 2 aromatic rings. The normalized spacial score (nSPS) is 23.1. The number of benzene rings is 1. The van der Waals surface area contributed by atoms with Gasteiger partial charge in [-0.1, -0.05) is 23.2 Å². The van der Waals surface area contributed by atoms with Gasteiger partial charge < -0.3 is 14.8 Å². The molecule has 0 saturated carbocycles. The summed E-state index contributed by atoms with van der Waals surface area (Å²) in [5, 5.41) is 1.67. The first kappa shape index (κ1) is 15.8. The number of H-pyrrole nitrogens is 1. The molecule has 2 bridgehead atoms. The molecule has 3 fully saturated rings. The maximum atomic E-state index is 12.9. The second kappa shape index (κ2) is 5.67. The molecule has 7 heteroatoms. The van der Waals surface area contributed by atoms with Crippen LogP contribution in [0.1, 0.15) is 30.3 Å². The van der Waals surface area contributed by atoms with Crippen molar-refractivity contribution in [2.45, 2.75) is 31.8 Å². The van der Waals surface area contributed by atoms with Gasteiger partial charge in [0.2, 0.25) is 5.91 Å². The van der Waals surface area contributed by atoms with Crippen LogP contribution in [-0.2, 0) is 4.79 Å². The number of piperazine rings is 1. The van der Waals surface area contributed by atoms with Crippen molar-refractivity contribution in [1.29, 1.82) is 0 Å². The van der Waals surface area contributed by atoms with Crippen LogP contribution in [0.5, 0.6) is 0 Å². The number of aromatic amines is 1. The molecular weight excluding hydrogens is 349 g/mol. The van der Waals surface area contributed by atoms with Crippen molar-refractivity contribution in [3.8, 4) is 0 Å². The van der Waals surface area contributed by atoms with Crippen LogP contribution in [0.3, 0.4) is 0 Å². The zero-order chi connectivity index (χ0) is 17.0. The van der Waals surface area contributed by atoms with Gasteiger partial charge in [-0.3, -0.25) is 9.59 Å². The van der Waals surface area contributed by atoms with Crippen LogP contribution in [0.2, 0.25) is 10.0 Å². The Hall–Kier alpha value is -1.72. The molecule has 0 spiro atoms. The fraction of sp³-hybridized carbons (Fsp3) is 0.412. The van der Waals surface area contributed by atoms with Crippen molar-refractivity contribution in [2.24, 2.45) is 0 Å². The minimum Gasteiger partial charge on any atom is -0.350 e. The molecule has 1 N–H and O–H groups in total. The van der Waals surface area contributed by atoms with Gasteiger partial charge in [-0.2, -0.15) is 0 Å². The first-order chi connectivity index (χ1) is 11.5. The lowest BCUT2D eigenvalue weighted by Gasteiger charge is -2.51. The topological polar surface area (TPSA) is 56.4 Å². The maximum absolute atomic E-state index is 12.9. The molecule has 126 valence electrons. The average Bonchev–Trinajstić information content (AvgIpc) is 3.02. The average molecular weight is 366 g/mol. The van der Waals surface area contributed by atoms with Gasteiger partial charge in [0.15, 0.2) is 0 Å². The van der Waals surface area contributed by atoms with Gasteiger partial charge in [0.05, 0.1) is 10.0 Å². The van der Waals surface area contributed by atoms with Gasteiger partial charge in [-0.15, -0.1) is 0 Å². The number of carbonyl (C=O) groups excluding carboxylic acids is 2. The number of nitrogens with one attached hydrogen (secondary N) is 1. The Labute approximate surface area is 149 Å². The van der Waals surface area contributed by atoms with E-state index in [2.05, 4.69) is 4.98 Å². The summed E-state index contributed by atoms with van der Waals surface area (Å²) in [5.41, 5.74) is 1.30.